The molecule has 1 heterocycles. The summed E-state index contributed by atoms with van der Waals surface area (Å²) in [6.07, 6.45) is 5.23. The van der Waals surface area contributed by atoms with Crippen LogP contribution in [0.2, 0.25) is 0 Å². The minimum absolute atomic E-state index is 0.295. The molecule has 4 heteroatoms. The molecule has 0 aliphatic carbocycles. The van der Waals surface area contributed by atoms with Gasteiger partial charge in [-0.15, -0.1) is 6.58 Å². The third-order valence-corrected chi connectivity index (χ3v) is 5.41. The van der Waals surface area contributed by atoms with Gasteiger partial charge in [0.25, 0.3) is 10.0 Å². The van der Waals surface area contributed by atoms with Gasteiger partial charge in [-0.1, -0.05) is 36.4 Å². The fourth-order valence-corrected chi connectivity index (χ4v) is 3.97. The molecule has 112 valence electrons. The van der Waals surface area contributed by atoms with Crippen molar-refractivity contribution in [1.29, 1.82) is 0 Å². The van der Waals surface area contributed by atoms with E-state index in [1.54, 1.807) is 36.5 Å². The van der Waals surface area contributed by atoms with Crippen LogP contribution in [0.3, 0.4) is 0 Å². The lowest BCUT2D eigenvalue weighted by Crippen LogP contribution is -2.11. The van der Waals surface area contributed by atoms with Crippen LogP contribution in [0.4, 0.5) is 0 Å². The van der Waals surface area contributed by atoms with Crippen molar-refractivity contribution in [3.8, 4) is 0 Å². The monoisotopic (exact) mass is 311 g/mol. The topological polar surface area (TPSA) is 39.1 Å². The van der Waals surface area contributed by atoms with Gasteiger partial charge in [0, 0.05) is 11.6 Å². The number of rotatable bonds is 5. The number of hydrogen-bond acceptors (Lipinski definition) is 2. The molecule has 0 amide bonds. The highest BCUT2D eigenvalue weighted by Crippen LogP contribution is 2.25. The summed E-state index contributed by atoms with van der Waals surface area (Å²) in [6.45, 7) is 3.74. The Morgan fingerprint density at radius 3 is 2.50 bits per heavy atom. The minimum atomic E-state index is -3.56. The summed E-state index contributed by atoms with van der Waals surface area (Å²) < 4.78 is 26.9. The molecule has 0 spiro atoms. The van der Waals surface area contributed by atoms with E-state index in [0.717, 1.165) is 23.8 Å². The zero-order chi connectivity index (χ0) is 15.6. The molecule has 3 nitrogen and oxygen atoms in total. The number of allylic oxidation sites excluding steroid dienone is 1. The Bertz CT molecular complexity index is 909. The third kappa shape index (κ3) is 2.46. The second-order valence-corrected chi connectivity index (χ2v) is 6.92. The molecule has 0 unspecified atom stereocenters. The number of nitrogens with zero attached hydrogens (tertiary/aromatic N) is 1. The Hall–Kier alpha value is -2.33. The van der Waals surface area contributed by atoms with Crippen LogP contribution in [0.25, 0.3) is 10.9 Å². The molecule has 0 saturated heterocycles. The van der Waals surface area contributed by atoms with Gasteiger partial charge < -0.3 is 0 Å². The molecule has 0 aliphatic rings. The van der Waals surface area contributed by atoms with E-state index >= 15 is 0 Å². The van der Waals surface area contributed by atoms with Crippen LogP contribution >= 0.6 is 0 Å². The molecule has 0 aliphatic heterocycles. The molecular formula is C18H17NO2S. The van der Waals surface area contributed by atoms with Crippen molar-refractivity contribution in [2.45, 2.75) is 17.7 Å². The van der Waals surface area contributed by atoms with Crippen molar-refractivity contribution in [3.63, 3.8) is 0 Å². The van der Waals surface area contributed by atoms with Crippen molar-refractivity contribution < 1.29 is 8.42 Å². The zero-order valence-corrected chi connectivity index (χ0v) is 13.0. The number of aryl methyl sites for hydroxylation is 1. The smallest absolute Gasteiger partial charge is 0.241 e. The summed E-state index contributed by atoms with van der Waals surface area (Å²) in [5, 5.41) is 0.976. The molecule has 0 fully saturated rings. The van der Waals surface area contributed by atoms with E-state index < -0.39 is 10.0 Å². The first-order valence-electron chi connectivity index (χ1n) is 7.15. The first-order valence-corrected chi connectivity index (χ1v) is 8.59. The number of hydrogen-bond donors (Lipinski definition) is 0. The fraction of sp³-hybridized carbons (Fsp3) is 0.111. The molecule has 3 aromatic rings. The molecule has 2 aromatic carbocycles. The van der Waals surface area contributed by atoms with Gasteiger partial charge in [-0.3, -0.25) is 0 Å². The van der Waals surface area contributed by atoms with Crippen LogP contribution < -0.4 is 0 Å². The molecule has 0 atom stereocenters. The van der Waals surface area contributed by atoms with E-state index in [-0.39, 0.29) is 0 Å². The average molecular weight is 311 g/mol. The molecular weight excluding hydrogens is 294 g/mol. The first kappa shape index (κ1) is 14.6. The highest BCUT2D eigenvalue weighted by atomic mass is 32.2. The summed E-state index contributed by atoms with van der Waals surface area (Å²) in [4.78, 5) is 0.295. The molecule has 1 aromatic heterocycles. The Morgan fingerprint density at radius 2 is 1.77 bits per heavy atom. The molecule has 22 heavy (non-hydrogen) atoms. The molecule has 0 N–H and O–H groups in total. The quantitative estimate of drug-likeness (QED) is 0.668. The number of benzene rings is 2. The van der Waals surface area contributed by atoms with Gasteiger partial charge in [0.05, 0.1) is 10.4 Å². The fourth-order valence-electron chi connectivity index (χ4n) is 2.60. The highest BCUT2D eigenvalue weighted by Gasteiger charge is 2.18. The van der Waals surface area contributed by atoms with Gasteiger partial charge in [-0.25, -0.2) is 12.4 Å². The largest absolute Gasteiger partial charge is 0.268 e. The normalized spacial score (nSPS) is 11.6. The summed E-state index contributed by atoms with van der Waals surface area (Å²) in [7, 11) is -3.56. The molecule has 3 rings (SSSR count). The van der Waals surface area contributed by atoms with E-state index in [2.05, 4.69) is 6.58 Å². The van der Waals surface area contributed by atoms with Gasteiger partial charge in [0.15, 0.2) is 0 Å². The summed E-state index contributed by atoms with van der Waals surface area (Å²) in [5.74, 6) is 0. The van der Waals surface area contributed by atoms with Crippen LogP contribution in [0.1, 0.15) is 12.0 Å². The summed E-state index contributed by atoms with van der Waals surface area (Å²) in [6, 6.07) is 16.1. The highest BCUT2D eigenvalue weighted by molar-refractivity contribution is 7.90. The van der Waals surface area contributed by atoms with Crippen molar-refractivity contribution >= 4 is 20.9 Å². The lowest BCUT2D eigenvalue weighted by molar-refractivity contribution is 0.589. The van der Waals surface area contributed by atoms with Gasteiger partial charge in [-0.2, -0.15) is 0 Å². The van der Waals surface area contributed by atoms with Crippen LogP contribution in [0.5, 0.6) is 0 Å². The maximum atomic E-state index is 12.8. The minimum Gasteiger partial charge on any atom is -0.241 e. The van der Waals surface area contributed by atoms with Crippen molar-refractivity contribution in [2.75, 3.05) is 0 Å². The Labute approximate surface area is 130 Å². The molecule has 0 bridgehead atoms. The maximum absolute atomic E-state index is 12.8. The number of fused-ring (bicyclic) bond motifs is 1. The van der Waals surface area contributed by atoms with E-state index in [0.29, 0.717) is 10.4 Å². The van der Waals surface area contributed by atoms with Gasteiger partial charge in [0.1, 0.15) is 0 Å². The molecule has 0 saturated carbocycles. The predicted octanol–water partition coefficient (Wildman–Crippen LogP) is 4.00. The zero-order valence-electron chi connectivity index (χ0n) is 12.1. The van der Waals surface area contributed by atoms with Crippen molar-refractivity contribution in [1.82, 2.24) is 3.97 Å². The Balaban J connectivity index is 2.15. The first-order chi connectivity index (χ1) is 10.6. The third-order valence-electron chi connectivity index (χ3n) is 3.71. The second kappa shape index (κ2) is 5.81. The van der Waals surface area contributed by atoms with Gasteiger partial charge in [0.2, 0.25) is 0 Å². The van der Waals surface area contributed by atoms with E-state index in [1.165, 1.54) is 3.97 Å². The SMILES string of the molecule is C=CCCc1cccc2c1ccn2S(=O)(=O)c1ccccc1. The maximum Gasteiger partial charge on any atom is 0.268 e. The van der Waals surface area contributed by atoms with Crippen LogP contribution in [-0.4, -0.2) is 12.4 Å². The second-order valence-electron chi connectivity index (χ2n) is 5.11. The van der Waals surface area contributed by atoms with E-state index in [1.807, 2.05) is 30.3 Å². The summed E-state index contributed by atoms with van der Waals surface area (Å²) >= 11 is 0. The predicted molar refractivity (Wildman–Crippen MR) is 89.5 cm³/mol. The average Bonchev–Trinajstić information content (AvgIpc) is 2.99. The van der Waals surface area contributed by atoms with Crippen molar-refractivity contribution in [3.05, 3.63) is 79.0 Å². The summed E-state index contributed by atoms with van der Waals surface area (Å²) in [5.41, 5.74) is 1.85. The van der Waals surface area contributed by atoms with Gasteiger partial charge in [-0.05, 0) is 42.7 Å². The van der Waals surface area contributed by atoms with Crippen LogP contribution in [-0.2, 0) is 16.4 Å². The lowest BCUT2D eigenvalue weighted by atomic mass is 10.1. The standard InChI is InChI=1S/C18H17NO2S/c1-2-3-8-15-9-7-12-18-17(15)13-14-19(18)22(20,21)16-10-5-4-6-11-16/h2,4-7,9-14H,1,3,8H2. The lowest BCUT2D eigenvalue weighted by Gasteiger charge is -2.08. The molecule has 0 radical (unpaired) electrons. The van der Waals surface area contributed by atoms with Crippen LogP contribution in [0.15, 0.2) is 78.3 Å². The van der Waals surface area contributed by atoms with Crippen LogP contribution in [0, 0.1) is 0 Å². The van der Waals surface area contributed by atoms with E-state index in [4.69, 9.17) is 0 Å². The van der Waals surface area contributed by atoms with E-state index in [9.17, 15) is 8.42 Å². The van der Waals surface area contributed by atoms with Crippen molar-refractivity contribution in [2.24, 2.45) is 0 Å². The van der Waals surface area contributed by atoms with Gasteiger partial charge >= 0.3 is 0 Å². The Morgan fingerprint density at radius 1 is 1.00 bits per heavy atom. The Kier molecular flexibility index (Phi) is 3.86. The number of aromatic nitrogens is 1.